The minimum Gasteiger partial charge on any atom is -0.468 e. The second-order valence-electron chi connectivity index (χ2n) is 2.65. The van der Waals surface area contributed by atoms with Crippen molar-refractivity contribution in [2.75, 3.05) is 27.3 Å². The minimum absolute atomic E-state index is 0.0689. The Morgan fingerprint density at radius 3 is 1.86 bits per heavy atom. The fourth-order valence-corrected chi connectivity index (χ4v) is 0.904. The maximum absolute atomic E-state index is 10.9. The topological polar surface area (TPSA) is 55.8 Å². The maximum atomic E-state index is 10.9. The number of ether oxygens (including phenoxy) is 2. The highest BCUT2D eigenvalue weighted by molar-refractivity contribution is 5.75. The van der Waals surface area contributed by atoms with Crippen LogP contribution in [0.5, 0.6) is 0 Å². The lowest BCUT2D eigenvalue weighted by Crippen LogP contribution is -2.33. The van der Waals surface area contributed by atoms with E-state index < -0.39 is 0 Å². The first kappa shape index (κ1) is 12.9. The molecule has 0 spiro atoms. The second-order valence-corrected chi connectivity index (χ2v) is 2.65. The lowest BCUT2D eigenvalue weighted by Gasteiger charge is -2.17. The second kappa shape index (κ2) is 7.32. The normalized spacial score (nSPS) is 10.0. The summed E-state index contributed by atoms with van der Waals surface area (Å²) in [5, 5.41) is 0. The Morgan fingerprint density at radius 1 is 1.14 bits per heavy atom. The van der Waals surface area contributed by atoms with Crippen LogP contribution in [0.3, 0.4) is 0 Å². The molecular weight excluding hydrogens is 186 g/mol. The van der Waals surface area contributed by atoms with Crippen LogP contribution in [-0.2, 0) is 19.1 Å². The molecule has 0 saturated heterocycles. The van der Waals surface area contributed by atoms with Crippen LogP contribution in [0.1, 0.15) is 13.3 Å². The molecule has 0 aliphatic carbocycles. The molecule has 0 N–H and O–H groups in total. The Kier molecular flexibility index (Phi) is 6.74. The highest BCUT2D eigenvalue weighted by atomic mass is 16.5. The molecule has 0 aromatic heterocycles. The number of rotatable bonds is 6. The van der Waals surface area contributed by atoms with Gasteiger partial charge in [-0.05, 0) is 6.42 Å². The average Bonchev–Trinajstić information content (AvgIpc) is 2.17. The van der Waals surface area contributed by atoms with Crippen LogP contribution >= 0.6 is 0 Å². The van der Waals surface area contributed by atoms with Gasteiger partial charge in [0.25, 0.3) is 0 Å². The summed E-state index contributed by atoms with van der Waals surface area (Å²) in [5.41, 5.74) is 0. The number of hydrogen-bond acceptors (Lipinski definition) is 5. The van der Waals surface area contributed by atoms with Crippen LogP contribution < -0.4 is 0 Å². The van der Waals surface area contributed by atoms with E-state index in [0.717, 1.165) is 6.42 Å². The van der Waals surface area contributed by atoms with E-state index in [2.05, 4.69) is 9.47 Å². The molecule has 0 aliphatic rings. The zero-order valence-electron chi connectivity index (χ0n) is 8.78. The van der Waals surface area contributed by atoms with Crippen molar-refractivity contribution in [2.24, 2.45) is 0 Å². The molecule has 0 amide bonds. The number of carbonyl (C=O) groups is 2. The van der Waals surface area contributed by atoms with Gasteiger partial charge in [-0.25, -0.2) is 0 Å². The van der Waals surface area contributed by atoms with E-state index in [4.69, 9.17) is 0 Å². The lowest BCUT2D eigenvalue weighted by molar-refractivity contribution is -0.144. The highest BCUT2D eigenvalue weighted by Gasteiger charge is 2.14. The molecule has 5 heteroatoms. The number of carbonyl (C=O) groups excluding carboxylic acids is 2. The van der Waals surface area contributed by atoms with Crippen molar-refractivity contribution < 1.29 is 19.1 Å². The fraction of sp³-hybridized carbons (Fsp3) is 0.667. The molecule has 14 heavy (non-hydrogen) atoms. The smallest absolute Gasteiger partial charge is 0.319 e. The predicted octanol–water partition coefficient (Wildman–Crippen LogP) is 0.206. The van der Waals surface area contributed by atoms with Gasteiger partial charge in [-0.3, -0.25) is 14.5 Å². The van der Waals surface area contributed by atoms with Crippen LogP contribution in [0, 0.1) is 6.54 Å². The molecule has 0 heterocycles. The third-order valence-electron chi connectivity index (χ3n) is 1.56. The van der Waals surface area contributed by atoms with Gasteiger partial charge in [-0.15, -0.1) is 0 Å². The fourth-order valence-electron chi connectivity index (χ4n) is 0.904. The number of methoxy groups -OCH3 is 2. The quantitative estimate of drug-likeness (QED) is 0.576. The van der Waals surface area contributed by atoms with E-state index >= 15 is 0 Å². The summed E-state index contributed by atoms with van der Waals surface area (Å²) in [4.78, 5) is 23.4. The Bertz CT molecular complexity index is 175. The molecule has 0 saturated carbocycles. The van der Waals surface area contributed by atoms with E-state index in [0.29, 0.717) is 0 Å². The first-order valence-corrected chi connectivity index (χ1v) is 4.35. The molecule has 5 nitrogen and oxygen atoms in total. The van der Waals surface area contributed by atoms with Gasteiger partial charge in [-0.2, -0.15) is 0 Å². The van der Waals surface area contributed by atoms with E-state index in [9.17, 15) is 9.59 Å². The van der Waals surface area contributed by atoms with Gasteiger partial charge in [0.1, 0.15) is 0 Å². The van der Waals surface area contributed by atoms with Crippen molar-refractivity contribution >= 4 is 11.9 Å². The zero-order valence-corrected chi connectivity index (χ0v) is 8.78. The summed E-state index contributed by atoms with van der Waals surface area (Å²) in [7, 11) is 2.62. The molecule has 0 aromatic carbocycles. The Hall–Kier alpha value is -1.10. The predicted molar refractivity (Wildman–Crippen MR) is 50.2 cm³/mol. The Balaban J connectivity index is 4.00. The number of esters is 2. The van der Waals surface area contributed by atoms with Crippen molar-refractivity contribution in [3.05, 3.63) is 6.54 Å². The summed E-state index contributed by atoms with van der Waals surface area (Å²) in [6.45, 7) is 3.81. The largest absolute Gasteiger partial charge is 0.468 e. The number of hydrogen-bond donors (Lipinski definition) is 0. The zero-order chi connectivity index (χ0) is 11.0. The first-order chi connectivity index (χ1) is 6.63. The van der Waals surface area contributed by atoms with E-state index in [1.54, 1.807) is 11.4 Å². The molecule has 0 aromatic rings. The van der Waals surface area contributed by atoms with Gasteiger partial charge >= 0.3 is 11.9 Å². The van der Waals surface area contributed by atoms with Gasteiger partial charge in [0.15, 0.2) is 0 Å². The Morgan fingerprint density at radius 2 is 1.57 bits per heavy atom. The summed E-state index contributed by atoms with van der Waals surface area (Å²) in [5.74, 6) is -0.753. The molecule has 1 radical (unpaired) electrons. The highest BCUT2D eigenvalue weighted by Crippen LogP contribution is 1.98. The van der Waals surface area contributed by atoms with Gasteiger partial charge < -0.3 is 9.47 Å². The van der Waals surface area contributed by atoms with Crippen LogP contribution in [0.2, 0.25) is 0 Å². The Labute approximate surface area is 84.0 Å². The molecule has 0 bridgehead atoms. The molecule has 0 fully saturated rings. The molecule has 0 rings (SSSR count). The van der Waals surface area contributed by atoms with Crippen LogP contribution in [0.15, 0.2) is 0 Å². The van der Waals surface area contributed by atoms with Crippen molar-refractivity contribution in [1.82, 2.24) is 4.90 Å². The molecule has 0 atom stereocenters. The lowest BCUT2D eigenvalue weighted by atomic mass is 10.4. The van der Waals surface area contributed by atoms with Gasteiger partial charge in [-0.1, -0.05) is 6.92 Å². The maximum Gasteiger partial charge on any atom is 0.319 e. The first-order valence-electron chi connectivity index (χ1n) is 4.35. The van der Waals surface area contributed by atoms with Crippen molar-refractivity contribution in [2.45, 2.75) is 13.3 Å². The van der Waals surface area contributed by atoms with Crippen molar-refractivity contribution in [3.63, 3.8) is 0 Å². The summed E-state index contributed by atoms with van der Waals surface area (Å²) in [6.07, 6.45) is 0.744. The average molecular weight is 202 g/mol. The van der Waals surface area contributed by atoms with E-state index in [1.807, 2.05) is 6.92 Å². The van der Waals surface area contributed by atoms with Crippen LogP contribution in [0.25, 0.3) is 0 Å². The van der Waals surface area contributed by atoms with Crippen LogP contribution in [-0.4, -0.2) is 44.1 Å². The monoisotopic (exact) mass is 202 g/mol. The van der Waals surface area contributed by atoms with Crippen molar-refractivity contribution in [1.29, 1.82) is 0 Å². The van der Waals surface area contributed by atoms with E-state index in [1.165, 1.54) is 14.2 Å². The SMILES string of the molecule is CC[CH]N(CC(=O)OC)CC(=O)OC. The number of nitrogens with zero attached hydrogens (tertiary/aromatic N) is 1. The molecular formula is C9H16NO4. The van der Waals surface area contributed by atoms with Crippen LogP contribution in [0.4, 0.5) is 0 Å². The minimum atomic E-state index is -0.376. The third-order valence-corrected chi connectivity index (χ3v) is 1.56. The molecule has 0 unspecified atom stereocenters. The van der Waals surface area contributed by atoms with Gasteiger partial charge in [0, 0.05) is 6.54 Å². The molecule has 0 aliphatic heterocycles. The van der Waals surface area contributed by atoms with Gasteiger partial charge in [0.2, 0.25) is 0 Å². The summed E-state index contributed by atoms with van der Waals surface area (Å²) in [6, 6.07) is 0. The third kappa shape index (κ3) is 5.53. The van der Waals surface area contributed by atoms with Gasteiger partial charge in [0.05, 0.1) is 27.3 Å². The molecule has 81 valence electrons. The summed E-state index contributed by atoms with van der Waals surface area (Å²) >= 11 is 0. The summed E-state index contributed by atoms with van der Waals surface area (Å²) < 4.78 is 8.98. The van der Waals surface area contributed by atoms with E-state index in [-0.39, 0.29) is 25.0 Å². The van der Waals surface area contributed by atoms with Crippen molar-refractivity contribution in [3.8, 4) is 0 Å². The standard InChI is InChI=1S/C9H16NO4/c1-4-5-10(6-8(11)13-2)7-9(12)14-3/h5H,4,6-7H2,1-3H3.